The van der Waals surface area contributed by atoms with Gasteiger partial charge in [0.15, 0.2) is 0 Å². The van der Waals surface area contributed by atoms with Crippen molar-refractivity contribution in [3.05, 3.63) is 35.4 Å². The maximum Gasteiger partial charge on any atom is 0.342 e. The summed E-state index contributed by atoms with van der Waals surface area (Å²) in [5, 5.41) is 3.19. The van der Waals surface area contributed by atoms with E-state index >= 15 is 0 Å². The lowest BCUT2D eigenvalue weighted by molar-refractivity contribution is 0.0601. The Labute approximate surface area is 137 Å². The molecule has 1 aliphatic rings. The lowest BCUT2D eigenvalue weighted by atomic mass is 10.2. The molecule has 2 heterocycles. The number of aromatic nitrogens is 1. The number of aryl methyl sites for hydroxylation is 1. The number of urea groups is 1. The lowest BCUT2D eigenvalue weighted by Crippen LogP contribution is -2.36. The SMILES string of the molecule is COC(=O)c1c(C)nsc1NC(=O)N(Cc1ccco1)C1CC1. The smallest absolute Gasteiger partial charge is 0.342 e. The lowest BCUT2D eigenvalue weighted by Gasteiger charge is -2.21. The number of hydrogen-bond acceptors (Lipinski definition) is 6. The summed E-state index contributed by atoms with van der Waals surface area (Å²) in [4.78, 5) is 26.1. The van der Waals surface area contributed by atoms with E-state index in [0.717, 1.165) is 30.1 Å². The van der Waals surface area contributed by atoms with Gasteiger partial charge < -0.3 is 14.1 Å². The summed E-state index contributed by atoms with van der Waals surface area (Å²) in [6.07, 6.45) is 3.53. The molecule has 0 saturated heterocycles. The number of esters is 1. The van der Waals surface area contributed by atoms with Gasteiger partial charge in [-0.2, -0.15) is 4.37 Å². The summed E-state index contributed by atoms with van der Waals surface area (Å²) in [6, 6.07) is 3.56. The Morgan fingerprint density at radius 2 is 2.30 bits per heavy atom. The van der Waals surface area contributed by atoms with Gasteiger partial charge in [0.2, 0.25) is 0 Å². The number of anilines is 1. The molecule has 0 aromatic carbocycles. The van der Waals surface area contributed by atoms with E-state index in [1.807, 2.05) is 6.07 Å². The van der Waals surface area contributed by atoms with Gasteiger partial charge in [0.1, 0.15) is 16.3 Å². The van der Waals surface area contributed by atoms with Crippen LogP contribution in [0.15, 0.2) is 22.8 Å². The minimum absolute atomic E-state index is 0.204. The molecule has 1 aliphatic carbocycles. The molecular formula is C15H17N3O4S. The van der Waals surface area contributed by atoms with Crippen molar-refractivity contribution in [2.24, 2.45) is 0 Å². The van der Waals surface area contributed by atoms with Gasteiger partial charge in [0.05, 0.1) is 25.6 Å². The van der Waals surface area contributed by atoms with Crippen LogP contribution in [0.5, 0.6) is 0 Å². The van der Waals surface area contributed by atoms with E-state index in [2.05, 4.69) is 9.69 Å². The third-order valence-corrected chi connectivity index (χ3v) is 4.48. The zero-order chi connectivity index (χ0) is 16.4. The van der Waals surface area contributed by atoms with Crippen molar-refractivity contribution < 1.29 is 18.7 Å². The first kappa shape index (κ1) is 15.5. The predicted molar refractivity (Wildman–Crippen MR) is 84.5 cm³/mol. The number of ether oxygens (including phenoxy) is 1. The van der Waals surface area contributed by atoms with E-state index < -0.39 is 5.97 Å². The molecule has 1 N–H and O–H groups in total. The molecule has 2 aromatic rings. The largest absolute Gasteiger partial charge is 0.467 e. The Hall–Kier alpha value is -2.35. The highest BCUT2D eigenvalue weighted by Crippen LogP contribution is 2.31. The molecule has 2 aromatic heterocycles. The van der Waals surface area contributed by atoms with E-state index in [0.29, 0.717) is 22.8 Å². The molecule has 1 saturated carbocycles. The average molecular weight is 335 g/mol. The van der Waals surface area contributed by atoms with E-state index in [-0.39, 0.29) is 12.1 Å². The maximum atomic E-state index is 12.6. The third-order valence-electron chi connectivity index (χ3n) is 3.63. The third kappa shape index (κ3) is 3.37. The molecule has 0 atom stereocenters. The number of carbonyl (C=O) groups excluding carboxylic acids is 2. The standard InChI is InChI=1S/C15H17N3O4S/c1-9-12(14(19)21-2)13(23-17-9)16-15(20)18(10-5-6-10)8-11-4-3-7-22-11/h3-4,7,10H,5-6,8H2,1-2H3,(H,16,20). The fourth-order valence-corrected chi connectivity index (χ4v) is 3.06. The topological polar surface area (TPSA) is 84.7 Å². The zero-order valence-corrected chi connectivity index (χ0v) is 13.7. The molecule has 8 heteroatoms. The molecule has 23 heavy (non-hydrogen) atoms. The van der Waals surface area contributed by atoms with Crippen molar-refractivity contribution in [1.29, 1.82) is 0 Å². The summed E-state index contributed by atoms with van der Waals surface area (Å²) in [6.45, 7) is 2.11. The normalized spacial score (nSPS) is 13.7. The Kier molecular flexibility index (Phi) is 4.33. The summed E-state index contributed by atoms with van der Waals surface area (Å²) in [7, 11) is 1.30. The minimum atomic E-state index is -0.504. The molecule has 0 spiro atoms. The number of furan rings is 1. The molecule has 0 unspecified atom stereocenters. The second-order valence-corrected chi connectivity index (χ2v) is 6.11. The molecule has 3 rings (SSSR count). The predicted octanol–water partition coefficient (Wildman–Crippen LogP) is 3.03. The number of nitrogens with one attached hydrogen (secondary N) is 1. The average Bonchev–Trinajstić information content (AvgIpc) is 3.12. The first-order valence-corrected chi connectivity index (χ1v) is 8.02. The van der Waals surface area contributed by atoms with Crippen molar-refractivity contribution in [2.75, 3.05) is 12.4 Å². The van der Waals surface area contributed by atoms with Gasteiger partial charge in [0.25, 0.3) is 0 Å². The van der Waals surface area contributed by atoms with Gasteiger partial charge in [-0.1, -0.05) is 0 Å². The molecule has 0 bridgehead atoms. The van der Waals surface area contributed by atoms with E-state index in [1.54, 1.807) is 24.2 Å². The fourth-order valence-electron chi connectivity index (χ4n) is 2.29. The van der Waals surface area contributed by atoms with Gasteiger partial charge in [-0.15, -0.1) is 0 Å². The second kappa shape index (κ2) is 6.41. The van der Waals surface area contributed by atoms with Gasteiger partial charge in [-0.25, -0.2) is 9.59 Å². The Bertz CT molecular complexity index is 706. The second-order valence-electron chi connectivity index (χ2n) is 5.33. The molecule has 2 amide bonds. The van der Waals surface area contributed by atoms with Crippen LogP contribution in [-0.2, 0) is 11.3 Å². The number of hydrogen-bond donors (Lipinski definition) is 1. The molecule has 0 radical (unpaired) electrons. The van der Waals surface area contributed by atoms with Crippen LogP contribution in [0, 0.1) is 6.92 Å². The van der Waals surface area contributed by atoms with E-state index in [1.165, 1.54) is 7.11 Å². The first-order chi connectivity index (χ1) is 11.1. The number of methoxy groups -OCH3 is 1. The maximum absolute atomic E-state index is 12.6. The first-order valence-electron chi connectivity index (χ1n) is 7.24. The van der Waals surface area contributed by atoms with E-state index in [4.69, 9.17) is 9.15 Å². The number of carbonyl (C=O) groups is 2. The van der Waals surface area contributed by atoms with Crippen LogP contribution >= 0.6 is 11.5 Å². The van der Waals surface area contributed by atoms with Crippen molar-refractivity contribution >= 4 is 28.5 Å². The van der Waals surface area contributed by atoms with Crippen LogP contribution in [0.1, 0.15) is 34.7 Å². The Balaban J connectivity index is 1.76. The van der Waals surface area contributed by atoms with Gasteiger partial charge in [-0.3, -0.25) is 5.32 Å². The zero-order valence-electron chi connectivity index (χ0n) is 12.9. The Morgan fingerprint density at radius 3 is 2.91 bits per heavy atom. The number of rotatable bonds is 5. The van der Waals surface area contributed by atoms with Crippen LogP contribution in [0.3, 0.4) is 0 Å². The van der Waals surface area contributed by atoms with Crippen LogP contribution < -0.4 is 5.32 Å². The molecular weight excluding hydrogens is 318 g/mol. The number of nitrogens with zero attached hydrogens (tertiary/aromatic N) is 2. The van der Waals surface area contributed by atoms with Crippen molar-refractivity contribution in [1.82, 2.24) is 9.27 Å². The summed E-state index contributed by atoms with van der Waals surface area (Å²) in [5.74, 6) is 0.219. The quantitative estimate of drug-likeness (QED) is 0.849. The molecule has 122 valence electrons. The summed E-state index contributed by atoms with van der Waals surface area (Å²) < 4.78 is 14.2. The van der Waals surface area contributed by atoms with Crippen LogP contribution in [0.25, 0.3) is 0 Å². The van der Waals surface area contributed by atoms with Crippen LogP contribution in [0.4, 0.5) is 9.80 Å². The molecule has 0 aliphatic heterocycles. The molecule has 1 fully saturated rings. The minimum Gasteiger partial charge on any atom is -0.467 e. The highest BCUT2D eigenvalue weighted by atomic mass is 32.1. The van der Waals surface area contributed by atoms with Crippen molar-refractivity contribution in [3.63, 3.8) is 0 Å². The Morgan fingerprint density at radius 1 is 1.52 bits per heavy atom. The van der Waals surface area contributed by atoms with Crippen LogP contribution in [-0.4, -0.2) is 34.4 Å². The van der Waals surface area contributed by atoms with Gasteiger partial charge in [0, 0.05) is 6.04 Å². The summed E-state index contributed by atoms with van der Waals surface area (Å²) >= 11 is 1.07. The van der Waals surface area contributed by atoms with E-state index in [9.17, 15) is 9.59 Å². The highest BCUT2D eigenvalue weighted by molar-refractivity contribution is 7.11. The van der Waals surface area contributed by atoms with Crippen molar-refractivity contribution in [3.8, 4) is 0 Å². The monoisotopic (exact) mass is 335 g/mol. The van der Waals surface area contributed by atoms with Gasteiger partial charge >= 0.3 is 12.0 Å². The highest BCUT2D eigenvalue weighted by Gasteiger charge is 2.34. The number of amides is 2. The fraction of sp³-hybridized carbons (Fsp3) is 0.400. The summed E-state index contributed by atoms with van der Waals surface area (Å²) in [5.41, 5.74) is 0.848. The van der Waals surface area contributed by atoms with Gasteiger partial charge in [-0.05, 0) is 43.4 Å². The molecule has 7 nitrogen and oxygen atoms in total. The van der Waals surface area contributed by atoms with Crippen LogP contribution in [0.2, 0.25) is 0 Å². The van der Waals surface area contributed by atoms with Crippen molar-refractivity contribution in [2.45, 2.75) is 32.4 Å².